The molecule has 0 saturated carbocycles. The van der Waals surface area contributed by atoms with Gasteiger partial charge in [-0.1, -0.05) is 17.7 Å². The minimum Gasteiger partial charge on any atom is -0.376 e. The highest BCUT2D eigenvalue weighted by Gasteiger charge is 2.35. The van der Waals surface area contributed by atoms with Crippen LogP contribution in [0.15, 0.2) is 48.5 Å². The summed E-state index contributed by atoms with van der Waals surface area (Å²) in [4.78, 5) is 38.8. The molecule has 168 valence electrons. The molecule has 4 rings (SSSR count). The van der Waals surface area contributed by atoms with E-state index >= 15 is 0 Å². The van der Waals surface area contributed by atoms with Crippen LogP contribution in [0.3, 0.4) is 0 Å². The second-order valence-electron chi connectivity index (χ2n) is 8.28. The number of amides is 4. The highest BCUT2D eigenvalue weighted by atomic mass is 16.5. The summed E-state index contributed by atoms with van der Waals surface area (Å²) in [6.07, 6.45) is 2.26. The fourth-order valence-corrected chi connectivity index (χ4v) is 3.93. The fourth-order valence-electron chi connectivity index (χ4n) is 3.93. The van der Waals surface area contributed by atoms with Crippen molar-refractivity contribution in [3.8, 4) is 0 Å². The average molecular weight is 437 g/mol. The molecule has 2 unspecified atom stereocenters. The lowest BCUT2D eigenvalue weighted by Gasteiger charge is -2.17. The summed E-state index contributed by atoms with van der Waals surface area (Å²) in [7, 11) is 0. The predicted octanol–water partition coefficient (Wildman–Crippen LogP) is 3.29. The quantitative estimate of drug-likeness (QED) is 0.647. The summed E-state index contributed by atoms with van der Waals surface area (Å²) in [5.41, 5.74) is 3.16. The van der Waals surface area contributed by atoms with Crippen molar-refractivity contribution in [3.05, 3.63) is 54.1 Å². The Labute approximate surface area is 187 Å². The molecule has 0 bridgehead atoms. The topological polar surface area (TPSA) is 99.8 Å². The van der Waals surface area contributed by atoms with E-state index in [0.29, 0.717) is 24.5 Å². The molecule has 2 aliphatic rings. The molecule has 4 amide bonds. The number of benzene rings is 2. The van der Waals surface area contributed by atoms with Gasteiger partial charge in [0.25, 0.3) is 0 Å². The zero-order valence-electron chi connectivity index (χ0n) is 18.1. The Balaban J connectivity index is 1.26. The lowest BCUT2D eigenvalue weighted by Crippen LogP contribution is -2.35. The van der Waals surface area contributed by atoms with Gasteiger partial charge in [0.1, 0.15) is 0 Å². The monoisotopic (exact) mass is 436 g/mol. The van der Waals surface area contributed by atoms with E-state index in [1.807, 2.05) is 31.2 Å². The van der Waals surface area contributed by atoms with Gasteiger partial charge >= 0.3 is 6.03 Å². The largest absolute Gasteiger partial charge is 0.376 e. The number of carbonyl (C=O) groups excluding carboxylic acids is 3. The van der Waals surface area contributed by atoms with Crippen LogP contribution in [0.25, 0.3) is 0 Å². The van der Waals surface area contributed by atoms with E-state index in [1.54, 1.807) is 29.2 Å². The Bertz CT molecular complexity index is 968. The maximum absolute atomic E-state index is 12.7. The second kappa shape index (κ2) is 9.82. The van der Waals surface area contributed by atoms with Gasteiger partial charge < -0.3 is 25.6 Å². The number of rotatable bonds is 6. The molecule has 8 nitrogen and oxygen atoms in total. The highest BCUT2D eigenvalue weighted by molar-refractivity contribution is 6.03. The molecule has 0 spiro atoms. The first kappa shape index (κ1) is 21.8. The zero-order valence-corrected chi connectivity index (χ0v) is 18.1. The number of urea groups is 1. The van der Waals surface area contributed by atoms with Crippen LogP contribution in [0.4, 0.5) is 21.9 Å². The van der Waals surface area contributed by atoms with Crippen LogP contribution in [0.1, 0.15) is 24.8 Å². The summed E-state index contributed by atoms with van der Waals surface area (Å²) in [5.74, 6) is -0.657. The minimum absolute atomic E-state index is 0.0532. The van der Waals surface area contributed by atoms with Crippen molar-refractivity contribution in [2.24, 2.45) is 5.92 Å². The lowest BCUT2D eigenvalue weighted by atomic mass is 10.1. The van der Waals surface area contributed by atoms with Crippen molar-refractivity contribution in [2.45, 2.75) is 32.3 Å². The van der Waals surface area contributed by atoms with Gasteiger partial charge in [-0.2, -0.15) is 0 Å². The third kappa shape index (κ3) is 5.45. The Morgan fingerprint density at radius 1 is 1.03 bits per heavy atom. The minimum atomic E-state index is -0.412. The number of nitrogens with zero attached hydrogens (tertiary/aromatic N) is 1. The molecular weight excluding hydrogens is 408 g/mol. The molecule has 0 radical (unpaired) electrons. The molecule has 3 N–H and O–H groups in total. The van der Waals surface area contributed by atoms with Crippen molar-refractivity contribution in [2.75, 3.05) is 35.2 Å². The molecule has 0 aliphatic carbocycles. The first-order valence-corrected chi connectivity index (χ1v) is 10.9. The summed E-state index contributed by atoms with van der Waals surface area (Å²) >= 11 is 0. The van der Waals surface area contributed by atoms with E-state index in [-0.39, 0.29) is 30.4 Å². The third-order valence-electron chi connectivity index (χ3n) is 5.77. The van der Waals surface area contributed by atoms with Crippen LogP contribution in [0.5, 0.6) is 0 Å². The summed E-state index contributed by atoms with van der Waals surface area (Å²) in [5, 5.41) is 8.43. The molecule has 2 atom stereocenters. The zero-order chi connectivity index (χ0) is 22.5. The normalized spacial score (nSPS) is 20.3. The summed E-state index contributed by atoms with van der Waals surface area (Å²) < 4.78 is 5.48. The number of ether oxygens (including phenoxy) is 1. The Morgan fingerprint density at radius 2 is 1.72 bits per heavy atom. The van der Waals surface area contributed by atoms with Gasteiger partial charge in [-0.25, -0.2) is 4.79 Å². The maximum Gasteiger partial charge on any atom is 0.319 e. The van der Waals surface area contributed by atoms with Crippen LogP contribution in [-0.4, -0.2) is 43.6 Å². The first-order chi connectivity index (χ1) is 15.5. The van der Waals surface area contributed by atoms with Crippen molar-refractivity contribution < 1.29 is 19.1 Å². The van der Waals surface area contributed by atoms with Gasteiger partial charge in [0, 0.05) is 43.2 Å². The lowest BCUT2D eigenvalue weighted by molar-refractivity contribution is -0.122. The molecule has 2 aromatic rings. The number of hydrogen-bond acceptors (Lipinski definition) is 4. The smallest absolute Gasteiger partial charge is 0.319 e. The van der Waals surface area contributed by atoms with Gasteiger partial charge in [0.2, 0.25) is 11.8 Å². The van der Waals surface area contributed by atoms with E-state index in [2.05, 4.69) is 16.0 Å². The van der Waals surface area contributed by atoms with Crippen LogP contribution in [0, 0.1) is 12.8 Å². The number of anilines is 3. The molecule has 32 heavy (non-hydrogen) atoms. The van der Waals surface area contributed by atoms with Crippen LogP contribution >= 0.6 is 0 Å². The molecular formula is C24H28N4O4. The molecule has 2 fully saturated rings. The predicted molar refractivity (Wildman–Crippen MR) is 123 cm³/mol. The molecule has 2 aliphatic heterocycles. The Kier molecular flexibility index (Phi) is 6.70. The fraction of sp³-hybridized carbons (Fsp3) is 0.375. The third-order valence-corrected chi connectivity index (χ3v) is 5.77. The van der Waals surface area contributed by atoms with E-state index in [9.17, 15) is 14.4 Å². The van der Waals surface area contributed by atoms with E-state index in [1.165, 1.54) is 0 Å². The van der Waals surface area contributed by atoms with E-state index < -0.39 is 5.92 Å². The van der Waals surface area contributed by atoms with Crippen LogP contribution in [-0.2, 0) is 14.3 Å². The number of aryl methyl sites for hydroxylation is 1. The summed E-state index contributed by atoms with van der Waals surface area (Å²) in [6.45, 7) is 3.59. The van der Waals surface area contributed by atoms with Crippen molar-refractivity contribution in [1.29, 1.82) is 0 Å². The van der Waals surface area contributed by atoms with Gasteiger partial charge in [0.15, 0.2) is 0 Å². The number of carbonyl (C=O) groups is 3. The molecule has 2 aromatic carbocycles. The molecule has 0 aromatic heterocycles. The van der Waals surface area contributed by atoms with Gasteiger partial charge in [-0.05, 0) is 56.2 Å². The standard InChI is InChI=1S/C24H28N4O4/c1-16-4-10-20(11-5-16)28-15-17(13-22(28)29)23(30)26-18-6-8-19(9-7-18)27-24(31)25-14-21-3-2-12-32-21/h4-11,17,21H,2-3,12-15H2,1H3,(H,26,30)(H2,25,27,31). The van der Waals surface area contributed by atoms with Crippen LogP contribution in [0.2, 0.25) is 0 Å². The molecule has 8 heteroatoms. The average Bonchev–Trinajstić information content (AvgIpc) is 3.44. The maximum atomic E-state index is 12.7. The second-order valence-corrected chi connectivity index (χ2v) is 8.28. The Hall–Kier alpha value is -3.39. The van der Waals surface area contributed by atoms with Crippen molar-refractivity contribution in [3.63, 3.8) is 0 Å². The van der Waals surface area contributed by atoms with Crippen molar-refractivity contribution in [1.82, 2.24) is 5.32 Å². The van der Waals surface area contributed by atoms with E-state index in [0.717, 1.165) is 30.7 Å². The molecule has 2 heterocycles. The summed E-state index contributed by atoms with van der Waals surface area (Å²) in [6, 6.07) is 14.3. The van der Waals surface area contributed by atoms with Crippen LogP contribution < -0.4 is 20.9 Å². The SMILES string of the molecule is Cc1ccc(N2CC(C(=O)Nc3ccc(NC(=O)NCC4CCCO4)cc3)CC2=O)cc1. The van der Waals surface area contributed by atoms with Gasteiger partial charge in [-0.15, -0.1) is 0 Å². The Morgan fingerprint density at radius 3 is 2.38 bits per heavy atom. The number of nitrogens with one attached hydrogen (secondary N) is 3. The highest BCUT2D eigenvalue weighted by Crippen LogP contribution is 2.26. The van der Waals surface area contributed by atoms with Gasteiger partial charge in [-0.3, -0.25) is 9.59 Å². The van der Waals surface area contributed by atoms with E-state index in [4.69, 9.17) is 4.74 Å². The molecule has 2 saturated heterocycles. The van der Waals surface area contributed by atoms with Crippen molar-refractivity contribution >= 4 is 34.9 Å². The van der Waals surface area contributed by atoms with Gasteiger partial charge in [0.05, 0.1) is 12.0 Å². The number of hydrogen-bond donors (Lipinski definition) is 3. The first-order valence-electron chi connectivity index (χ1n) is 10.9.